The van der Waals surface area contributed by atoms with Crippen LogP contribution in [0.5, 0.6) is 0 Å². The third kappa shape index (κ3) is 2.44. The Bertz CT molecular complexity index is 408. The maximum absolute atomic E-state index is 13.0. The van der Waals surface area contributed by atoms with Crippen LogP contribution < -0.4 is 0 Å². The molecular weight excluding hydrogens is 214 g/mol. The average Bonchev–Trinajstić information content (AvgIpc) is 2.15. The smallest absolute Gasteiger partial charge is 0.379 e. The molecule has 1 aromatic carbocycles. The molecule has 0 aliphatic heterocycles. The Morgan fingerprint density at radius 3 is 2.33 bits per heavy atom. The molecule has 0 aliphatic rings. The van der Waals surface area contributed by atoms with Crippen molar-refractivity contribution >= 4 is 0 Å². The van der Waals surface area contributed by atoms with E-state index < -0.39 is 23.7 Å². The number of hydrogen-bond donors (Lipinski definition) is 1. The monoisotopic (exact) mass is 219 g/mol. The van der Waals surface area contributed by atoms with Crippen LogP contribution in [0.3, 0.4) is 0 Å². The molecule has 15 heavy (non-hydrogen) atoms. The molecule has 0 amide bonds. The van der Waals surface area contributed by atoms with Gasteiger partial charge in [-0.05, 0) is 12.1 Å². The van der Waals surface area contributed by atoms with E-state index in [1.54, 1.807) is 6.07 Å². The van der Waals surface area contributed by atoms with Crippen LogP contribution in [0.25, 0.3) is 0 Å². The van der Waals surface area contributed by atoms with Gasteiger partial charge in [0.05, 0.1) is 11.6 Å². The van der Waals surface area contributed by atoms with Crippen molar-refractivity contribution in [3.63, 3.8) is 0 Å². The summed E-state index contributed by atoms with van der Waals surface area (Å²) in [6.45, 7) is 0. The largest absolute Gasteiger partial charge is 0.418 e. The summed E-state index contributed by atoms with van der Waals surface area (Å²) in [6, 6.07) is 3.96. The zero-order valence-corrected chi connectivity index (χ0v) is 7.22. The van der Waals surface area contributed by atoms with E-state index in [1.165, 1.54) is 0 Å². The first-order valence-corrected chi connectivity index (χ1v) is 3.80. The van der Waals surface area contributed by atoms with Gasteiger partial charge in [-0.25, -0.2) is 4.39 Å². The standard InChI is InChI=1S/C9H5F4NO/c10-7-3-5(4-14)1-2-6(7)8(15)9(11,12)13/h1-3,8,15H. The van der Waals surface area contributed by atoms with Gasteiger partial charge in [-0.1, -0.05) is 6.07 Å². The number of nitriles is 1. The Balaban J connectivity index is 3.13. The molecule has 1 aromatic rings. The first-order chi connectivity index (χ1) is 6.86. The van der Waals surface area contributed by atoms with Crippen LogP contribution in [0.2, 0.25) is 0 Å². The second-order valence-electron chi connectivity index (χ2n) is 2.79. The molecule has 1 atom stereocenters. The van der Waals surface area contributed by atoms with Crippen molar-refractivity contribution in [1.29, 1.82) is 5.26 Å². The van der Waals surface area contributed by atoms with Gasteiger partial charge in [0.2, 0.25) is 0 Å². The molecule has 0 radical (unpaired) electrons. The van der Waals surface area contributed by atoms with Crippen LogP contribution in [0.15, 0.2) is 18.2 Å². The molecular formula is C9H5F4NO. The van der Waals surface area contributed by atoms with Crippen LogP contribution in [0.4, 0.5) is 17.6 Å². The van der Waals surface area contributed by atoms with Gasteiger partial charge >= 0.3 is 6.18 Å². The van der Waals surface area contributed by atoms with Crippen LogP contribution in [0.1, 0.15) is 17.2 Å². The predicted octanol–water partition coefficient (Wildman–Crippen LogP) is 2.29. The topological polar surface area (TPSA) is 44.0 Å². The molecule has 0 saturated carbocycles. The van der Waals surface area contributed by atoms with Crippen molar-refractivity contribution in [1.82, 2.24) is 0 Å². The zero-order chi connectivity index (χ0) is 11.6. The van der Waals surface area contributed by atoms with Crippen molar-refractivity contribution in [2.75, 3.05) is 0 Å². The number of nitrogens with zero attached hydrogens (tertiary/aromatic N) is 1. The Morgan fingerprint density at radius 1 is 1.33 bits per heavy atom. The fraction of sp³-hybridized carbons (Fsp3) is 0.222. The Morgan fingerprint density at radius 2 is 1.93 bits per heavy atom. The molecule has 0 aliphatic carbocycles. The number of alkyl halides is 3. The number of aliphatic hydroxyl groups excluding tert-OH is 1. The minimum Gasteiger partial charge on any atom is -0.379 e. The van der Waals surface area contributed by atoms with Gasteiger partial charge < -0.3 is 5.11 Å². The lowest BCUT2D eigenvalue weighted by atomic mass is 10.1. The van der Waals surface area contributed by atoms with Gasteiger partial charge in [0.25, 0.3) is 0 Å². The summed E-state index contributed by atoms with van der Waals surface area (Å²) in [5, 5.41) is 17.1. The molecule has 0 aromatic heterocycles. The summed E-state index contributed by atoms with van der Waals surface area (Å²) in [4.78, 5) is 0. The number of halogens is 4. The molecule has 80 valence electrons. The van der Waals surface area contributed by atoms with Crippen molar-refractivity contribution in [3.05, 3.63) is 35.1 Å². The maximum Gasteiger partial charge on any atom is 0.418 e. The SMILES string of the molecule is N#Cc1ccc(C(O)C(F)(F)F)c(F)c1. The summed E-state index contributed by atoms with van der Waals surface area (Å²) in [6.07, 6.45) is -7.79. The van der Waals surface area contributed by atoms with E-state index in [9.17, 15) is 17.6 Å². The first kappa shape index (κ1) is 11.5. The summed E-state index contributed by atoms with van der Waals surface area (Å²) >= 11 is 0. The van der Waals surface area contributed by atoms with E-state index in [0.29, 0.717) is 6.07 Å². The summed E-state index contributed by atoms with van der Waals surface area (Å²) in [5.41, 5.74) is -0.993. The summed E-state index contributed by atoms with van der Waals surface area (Å²) in [7, 11) is 0. The van der Waals surface area contributed by atoms with E-state index in [4.69, 9.17) is 10.4 Å². The van der Waals surface area contributed by atoms with Crippen LogP contribution in [-0.2, 0) is 0 Å². The van der Waals surface area contributed by atoms with E-state index in [-0.39, 0.29) is 5.56 Å². The van der Waals surface area contributed by atoms with Gasteiger partial charge in [-0.2, -0.15) is 18.4 Å². The minimum absolute atomic E-state index is 0.106. The normalized spacial score (nSPS) is 13.3. The molecule has 0 fully saturated rings. The highest BCUT2D eigenvalue weighted by molar-refractivity contribution is 5.34. The van der Waals surface area contributed by atoms with Crippen molar-refractivity contribution in [2.24, 2.45) is 0 Å². The Hall–Kier alpha value is -1.61. The van der Waals surface area contributed by atoms with Gasteiger partial charge in [0, 0.05) is 5.56 Å². The molecule has 0 bridgehead atoms. The zero-order valence-electron chi connectivity index (χ0n) is 7.22. The lowest BCUT2D eigenvalue weighted by molar-refractivity contribution is -0.207. The molecule has 1 unspecified atom stereocenters. The minimum atomic E-state index is -4.92. The van der Waals surface area contributed by atoms with E-state index in [1.807, 2.05) is 0 Å². The van der Waals surface area contributed by atoms with E-state index >= 15 is 0 Å². The van der Waals surface area contributed by atoms with Gasteiger partial charge in [-0.15, -0.1) is 0 Å². The van der Waals surface area contributed by atoms with Crippen LogP contribution in [0, 0.1) is 17.1 Å². The third-order valence-electron chi connectivity index (χ3n) is 1.73. The highest BCUT2D eigenvalue weighted by atomic mass is 19.4. The van der Waals surface area contributed by atoms with Gasteiger partial charge in [-0.3, -0.25) is 0 Å². The summed E-state index contributed by atoms with van der Waals surface area (Å²) in [5.74, 6) is -1.25. The lowest BCUT2D eigenvalue weighted by Gasteiger charge is -2.15. The van der Waals surface area contributed by atoms with Crippen molar-refractivity contribution in [3.8, 4) is 6.07 Å². The molecule has 0 saturated heterocycles. The van der Waals surface area contributed by atoms with E-state index in [2.05, 4.69) is 0 Å². The molecule has 0 spiro atoms. The number of rotatable bonds is 1. The Kier molecular flexibility index (Phi) is 2.95. The lowest BCUT2D eigenvalue weighted by Crippen LogP contribution is -2.21. The molecule has 1 N–H and O–H groups in total. The average molecular weight is 219 g/mol. The van der Waals surface area contributed by atoms with Crippen molar-refractivity contribution in [2.45, 2.75) is 12.3 Å². The third-order valence-corrected chi connectivity index (χ3v) is 1.73. The maximum atomic E-state index is 13.0. The van der Waals surface area contributed by atoms with Gasteiger partial charge in [0.15, 0.2) is 6.10 Å². The predicted molar refractivity (Wildman–Crippen MR) is 42.1 cm³/mol. The van der Waals surface area contributed by atoms with Crippen LogP contribution in [-0.4, -0.2) is 11.3 Å². The van der Waals surface area contributed by atoms with Gasteiger partial charge in [0.1, 0.15) is 5.82 Å². The molecule has 6 heteroatoms. The fourth-order valence-electron chi connectivity index (χ4n) is 0.995. The fourth-order valence-corrected chi connectivity index (χ4v) is 0.995. The Labute approximate surface area is 82.4 Å². The quantitative estimate of drug-likeness (QED) is 0.736. The number of aliphatic hydroxyl groups is 1. The second kappa shape index (κ2) is 3.87. The van der Waals surface area contributed by atoms with Crippen LogP contribution >= 0.6 is 0 Å². The number of hydrogen-bond acceptors (Lipinski definition) is 2. The molecule has 1 rings (SSSR count). The number of benzene rings is 1. The highest BCUT2D eigenvalue weighted by Crippen LogP contribution is 2.33. The highest BCUT2D eigenvalue weighted by Gasteiger charge is 2.40. The van der Waals surface area contributed by atoms with Crippen molar-refractivity contribution < 1.29 is 22.7 Å². The molecule has 0 heterocycles. The second-order valence-corrected chi connectivity index (χ2v) is 2.79. The summed E-state index contributed by atoms with van der Waals surface area (Å²) < 4.78 is 49.1. The first-order valence-electron chi connectivity index (χ1n) is 3.80. The van der Waals surface area contributed by atoms with E-state index in [0.717, 1.165) is 12.1 Å². The molecule has 2 nitrogen and oxygen atoms in total.